The van der Waals surface area contributed by atoms with Crippen LogP contribution in [0.1, 0.15) is 44.6 Å². The summed E-state index contributed by atoms with van der Waals surface area (Å²) in [5, 5.41) is 3.52. The van der Waals surface area contributed by atoms with Gasteiger partial charge in [-0.15, -0.1) is 0 Å². The molecule has 0 saturated carbocycles. The number of imidazole rings is 1. The molecule has 1 aromatic heterocycles. The van der Waals surface area contributed by atoms with Crippen molar-refractivity contribution in [2.24, 2.45) is 0 Å². The number of hydrogen-bond acceptors (Lipinski definition) is 2. The summed E-state index contributed by atoms with van der Waals surface area (Å²) >= 11 is 0. The molecule has 0 aliphatic rings. The molecule has 0 aliphatic heterocycles. The largest absolute Gasteiger partial charge is 0.327 e. The zero-order valence-electron chi connectivity index (χ0n) is 11.8. The Balaban J connectivity index is 2.43. The normalized spacial score (nSPS) is 13.1. The first-order valence-corrected chi connectivity index (χ1v) is 6.87. The molecule has 3 nitrogen and oxygen atoms in total. The van der Waals surface area contributed by atoms with Crippen LogP contribution >= 0.6 is 0 Å². The lowest BCUT2D eigenvalue weighted by Crippen LogP contribution is -2.22. The molecule has 0 bridgehead atoms. The van der Waals surface area contributed by atoms with Gasteiger partial charge < -0.3 is 9.88 Å². The van der Waals surface area contributed by atoms with Crippen LogP contribution < -0.4 is 5.32 Å². The molecule has 2 aromatic rings. The molecule has 0 saturated heterocycles. The SMILES string of the molecule is CCCNC(C)c1nc2cc(C)ccc2n1CC. The number of aryl methyl sites for hydroxylation is 2. The Hall–Kier alpha value is -1.35. The fourth-order valence-electron chi connectivity index (χ4n) is 2.37. The van der Waals surface area contributed by atoms with Gasteiger partial charge in [0.1, 0.15) is 5.82 Å². The standard InChI is InChI=1S/C15H23N3/c1-5-9-16-12(4)15-17-13-10-11(3)7-8-14(13)18(15)6-2/h7-8,10,12,16H,5-6,9H2,1-4H3. The molecule has 0 fully saturated rings. The molecule has 0 aliphatic carbocycles. The minimum absolute atomic E-state index is 0.303. The third-order valence-electron chi connectivity index (χ3n) is 3.34. The lowest BCUT2D eigenvalue weighted by molar-refractivity contribution is 0.521. The smallest absolute Gasteiger partial charge is 0.126 e. The van der Waals surface area contributed by atoms with Gasteiger partial charge in [0.25, 0.3) is 0 Å². The maximum Gasteiger partial charge on any atom is 0.126 e. The van der Waals surface area contributed by atoms with Crippen molar-refractivity contribution in [3.63, 3.8) is 0 Å². The summed E-state index contributed by atoms with van der Waals surface area (Å²) < 4.78 is 2.31. The average Bonchev–Trinajstić information content (AvgIpc) is 2.73. The molecule has 18 heavy (non-hydrogen) atoms. The molecule has 0 amide bonds. The lowest BCUT2D eigenvalue weighted by Gasteiger charge is -2.14. The van der Waals surface area contributed by atoms with E-state index in [0.717, 1.165) is 30.9 Å². The van der Waals surface area contributed by atoms with E-state index < -0.39 is 0 Å². The molecule has 2 rings (SSSR count). The van der Waals surface area contributed by atoms with Crippen molar-refractivity contribution in [1.82, 2.24) is 14.9 Å². The van der Waals surface area contributed by atoms with Crippen molar-refractivity contribution < 1.29 is 0 Å². The van der Waals surface area contributed by atoms with E-state index in [9.17, 15) is 0 Å². The van der Waals surface area contributed by atoms with Crippen LogP contribution in [0.25, 0.3) is 11.0 Å². The number of nitrogens with one attached hydrogen (secondary N) is 1. The highest BCUT2D eigenvalue weighted by Gasteiger charge is 2.14. The van der Waals surface area contributed by atoms with Crippen LogP contribution in [0.2, 0.25) is 0 Å². The second kappa shape index (κ2) is 5.53. The number of nitrogens with zero attached hydrogens (tertiary/aromatic N) is 2. The van der Waals surface area contributed by atoms with Gasteiger partial charge in [0.15, 0.2) is 0 Å². The van der Waals surface area contributed by atoms with E-state index in [1.165, 1.54) is 11.1 Å². The Labute approximate surface area is 109 Å². The summed E-state index contributed by atoms with van der Waals surface area (Å²) in [6.07, 6.45) is 1.15. The Bertz CT molecular complexity index is 528. The Kier molecular flexibility index (Phi) is 4.02. The number of aromatic nitrogens is 2. The van der Waals surface area contributed by atoms with Gasteiger partial charge >= 0.3 is 0 Å². The Morgan fingerprint density at radius 2 is 2.11 bits per heavy atom. The molecule has 0 radical (unpaired) electrons. The summed E-state index contributed by atoms with van der Waals surface area (Å²) in [6.45, 7) is 10.7. The van der Waals surface area contributed by atoms with Crippen LogP contribution in [0.3, 0.4) is 0 Å². The summed E-state index contributed by atoms with van der Waals surface area (Å²) in [5.41, 5.74) is 3.62. The predicted molar refractivity (Wildman–Crippen MR) is 76.9 cm³/mol. The summed E-state index contributed by atoms with van der Waals surface area (Å²) in [5.74, 6) is 1.14. The van der Waals surface area contributed by atoms with Gasteiger partial charge in [0.05, 0.1) is 17.1 Å². The van der Waals surface area contributed by atoms with Crippen LogP contribution in [0.5, 0.6) is 0 Å². The van der Waals surface area contributed by atoms with Gasteiger partial charge in [0, 0.05) is 6.54 Å². The second-order valence-electron chi connectivity index (χ2n) is 4.88. The molecule has 1 atom stereocenters. The first kappa shape index (κ1) is 13.1. The van der Waals surface area contributed by atoms with Crippen molar-refractivity contribution in [1.29, 1.82) is 0 Å². The highest BCUT2D eigenvalue weighted by Crippen LogP contribution is 2.21. The van der Waals surface area contributed by atoms with E-state index in [1.54, 1.807) is 0 Å². The minimum atomic E-state index is 0.303. The molecule has 3 heteroatoms. The van der Waals surface area contributed by atoms with Crippen LogP contribution in [-0.2, 0) is 6.54 Å². The van der Waals surface area contributed by atoms with Gasteiger partial charge in [-0.2, -0.15) is 0 Å². The lowest BCUT2D eigenvalue weighted by atomic mass is 10.2. The molecule has 1 N–H and O–H groups in total. The first-order chi connectivity index (χ1) is 8.67. The molecular formula is C15H23N3. The molecule has 1 heterocycles. The molecular weight excluding hydrogens is 222 g/mol. The molecule has 1 aromatic carbocycles. The van der Waals surface area contributed by atoms with E-state index in [4.69, 9.17) is 4.98 Å². The molecule has 1 unspecified atom stereocenters. The summed E-state index contributed by atoms with van der Waals surface area (Å²) in [4.78, 5) is 4.80. The maximum absolute atomic E-state index is 4.80. The average molecular weight is 245 g/mol. The summed E-state index contributed by atoms with van der Waals surface area (Å²) in [6, 6.07) is 6.80. The molecule has 98 valence electrons. The Morgan fingerprint density at radius 1 is 1.33 bits per heavy atom. The van der Waals surface area contributed by atoms with E-state index in [1.807, 2.05) is 0 Å². The third kappa shape index (κ3) is 2.41. The van der Waals surface area contributed by atoms with E-state index in [0.29, 0.717) is 6.04 Å². The highest BCUT2D eigenvalue weighted by atomic mass is 15.1. The highest BCUT2D eigenvalue weighted by molar-refractivity contribution is 5.77. The number of fused-ring (bicyclic) bond motifs is 1. The quantitative estimate of drug-likeness (QED) is 0.874. The van der Waals surface area contributed by atoms with E-state index in [-0.39, 0.29) is 0 Å². The van der Waals surface area contributed by atoms with Crippen LogP contribution in [-0.4, -0.2) is 16.1 Å². The second-order valence-corrected chi connectivity index (χ2v) is 4.88. The van der Waals surface area contributed by atoms with Gasteiger partial charge in [-0.1, -0.05) is 13.0 Å². The fraction of sp³-hybridized carbons (Fsp3) is 0.533. The maximum atomic E-state index is 4.80. The van der Waals surface area contributed by atoms with E-state index >= 15 is 0 Å². The Morgan fingerprint density at radius 3 is 2.78 bits per heavy atom. The van der Waals surface area contributed by atoms with Gasteiger partial charge in [-0.05, 0) is 51.4 Å². The van der Waals surface area contributed by atoms with Crippen molar-refractivity contribution >= 4 is 11.0 Å². The number of benzene rings is 1. The summed E-state index contributed by atoms with van der Waals surface area (Å²) in [7, 11) is 0. The van der Waals surface area contributed by atoms with Gasteiger partial charge in [-0.3, -0.25) is 0 Å². The fourth-order valence-corrected chi connectivity index (χ4v) is 2.37. The zero-order chi connectivity index (χ0) is 13.1. The van der Waals surface area contributed by atoms with Crippen LogP contribution in [0, 0.1) is 6.92 Å². The monoisotopic (exact) mass is 245 g/mol. The van der Waals surface area contributed by atoms with Crippen molar-refractivity contribution in [3.05, 3.63) is 29.6 Å². The van der Waals surface area contributed by atoms with Gasteiger partial charge in [-0.25, -0.2) is 4.98 Å². The molecule has 0 spiro atoms. The zero-order valence-corrected chi connectivity index (χ0v) is 11.8. The van der Waals surface area contributed by atoms with Crippen molar-refractivity contribution in [2.45, 2.75) is 46.7 Å². The van der Waals surface area contributed by atoms with Crippen LogP contribution in [0.15, 0.2) is 18.2 Å². The third-order valence-corrected chi connectivity index (χ3v) is 3.34. The topological polar surface area (TPSA) is 29.9 Å². The van der Waals surface area contributed by atoms with Crippen LogP contribution in [0.4, 0.5) is 0 Å². The predicted octanol–water partition coefficient (Wildman–Crippen LogP) is 3.43. The number of rotatable bonds is 5. The first-order valence-electron chi connectivity index (χ1n) is 6.87. The number of hydrogen-bond donors (Lipinski definition) is 1. The van der Waals surface area contributed by atoms with Crippen molar-refractivity contribution in [3.8, 4) is 0 Å². The van der Waals surface area contributed by atoms with Crippen molar-refractivity contribution in [2.75, 3.05) is 6.54 Å². The minimum Gasteiger partial charge on any atom is -0.327 e. The van der Waals surface area contributed by atoms with Gasteiger partial charge in [0.2, 0.25) is 0 Å². The van der Waals surface area contributed by atoms with E-state index in [2.05, 4.69) is 55.8 Å².